The summed E-state index contributed by atoms with van der Waals surface area (Å²) in [5.41, 5.74) is 0.281. The van der Waals surface area contributed by atoms with E-state index in [-0.39, 0.29) is 11.9 Å². The molecule has 0 radical (unpaired) electrons. The van der Waals surface area contributed by atoms with E-state index in [4.69, 9.17) is 0 Å². The molecule has 136 valence electrons. The Balaban J connectivity index is 1.58. The number of rotatable bonds is 3. The second-order valence-corrected chi connectivity index (χ2v) is 7.59. The van der Waals surface area contributed by atoms with E-state index >= 15 is 0 Å². The van der Waals surface area contributed by atoms with Gasteiger partial charge in [0.25, 0.3) is 5.91 Å². The molecule has 0 unspecified atom stereocenters. The molecule has 3 heterocycles. The fraction of sp³-hybridized carbons (Fsp3) is 0.444. The molecule has 2 aromatic rings. The summed E-state index contributed by atoms with van der Waals surface area (Å²) in [6, 6.07) is 9.62. The first-order valence-electron chi connectivity index (χ1n) is 8.70. The van der Waals surface area contributed by atoms with Gasteiger partial charge in [0.2, 0.25) is 5.13 Å². The largest absolute Gasteiger partial charge is 0.347 e. The van der Waals surface area contributed by atoms with Crippen LogP contribution in [0.2, 0.25) is 0 Å². The highest BCUT2D eigenvalue weighted by molar-refractivity contribution is 7.09. The zero-order chi connectivity index (χ0) is 18.3. The molecule has 2 saturated heterocycles. The van der Waals surface area contributed by atoms with Crippen LogP contribution in [0.3, 0.4) is 0 Å². The van der Waals surface area contributed by atoms with Crippen molar-refractivity contribution in [3.05, 3.63) is 41.7 Å². The SMILES string of the molecule is Cc1nsc(N2CCC3(CC2)C(=O)N(C)C(=O)N3Cc2ccccc2)n1. The molecule has 0 atom stereocenters. The maximum atomic E-state index is 13.0. The number of hydrogen-bond acceptors (Lipinski definition) is 6. The molecule has 0 aliphatic carbocycles. The molecule has 0 N–H and O–H groups in total. The topological polar surface area (TPSA) is 69.6 Å². The van der Waals surface area contributed by atoms with Gasteiger partial charge in [0.1, 0.15) is 11.4 Å². The van der Waals surface area contributed by atoms with Crippen LogP contribution in [-0.2, 0) is 11.3 Å². The zero-order valence-corrected chi connectivity index (χ0v) is 15.7. The predicted octanol–water partition coefficient (Wildman–Crippen LogP) is 2.28. The average molecular weight is 371 g/mol. The number of carbonyl (C=O) groups excluding carboxylic acids is 2. The molecule has 3 amide bonds. The van der Waals surface area contributed by atoms with Gasteiger partial charge in [-0.2, -0.15) is 4.37 Å². The second-order valence-electron chi connectivity index (χ2n) is 6.86. The quantitative estimate of drug-likeness (QED) is 0.774. The Morgan fingerprint density at radius 3 is 2.46 bits per heavy atom. The molecular formula is C18H21N5O2S. The van der Waals surface area contributed by atoms with Gasteiger partial charge >= 0.3 is 6.03 Å². The van der Waals surface area contributed by atoms with Gasteiger partial charge in [-0.15, -0.1) is 0 Å². The van der Waals surface area contributed by atoms with E-state index < -0.39 is 5.54 Å². The average Bonchev–Trinajstić information content (AvgIpc) is 3.17. The van der Waals surface area contributed by atoms with Crippen LogP contribution in [0.4, 0.5) is 9.93 Å². The summed E-state index contributed by atoms with van der Waals surface area (Å²) in [4.78, 5) is 35.3. The Kier molecular flexibility index (Phi) is 4.14. The number of urea groups is 1. The number of carbonyl (C=O) groups is 2. The van der Waals surface area contributed by atoms with Crippen molar-refractivity contribution >= 4 is 28.6 Å². The minimum Gasteiger partial charge on any atom is -0.347 e. The normalized spacial score (nSPS) is 19.7. The lowest BCUT2D eigenvalue weighted by Gasteiger charge is -2.42. The molecule has 2 fully saturated rings. The fourth-order valence-corrected chi connectivity index (χ4v) is 4.56. The second kappa shape index (κ2) is 6.35. The van der Waals surface area contributed by atoms with Crippen LogP contribution in [0.1, 0.15) is 24.2 Å². The fourth-order valence-electron chi connectivity index (χ4n) is 3.83. The third-order valence-electron chi connectivity index (χ3n) is 5.30. The van der Waals surface area contributed by atoms with E-state index in [9.17, 15) is 9.59 Å². The standard InChI is InChI=1S/C18H21N5O2S/c1-13-19-16(26-20-13)22-10-8-18(9-11-22)15(24)21(2)17(25)23(18)12-14-6-4-3-5-7-14/h3-7H,8-12H2,1-2H3. The van der Waals surface area contributed by atoms with E-state index in [1.165, 1.54) is 16.4 Å². The van der Waals surface area contributed by atoms with Gasteiger partial charge in [-0.1, -0.05) is 30.3 Å². The lowest BCUT2D eigenvalue weighted by atomic mass is 9.85. The predicted molar refractivity (Wildman–Crippen MR) is 99.0 cm³/mol. The van der Waals surface area contributed by atoms with Crippen molar-refractivity contribution in [1.29, 1.82) is 0 Å². The van der Waals surface area contributed by atoms with Crippen LogP contribution in [0, 0.1) is 6.92 Å². The summed E-state index contributed by atoms with van der Waals surface area (Å²) in [5, 5.41) is 0.886. The lowest BCUT2D eigenvalue weighted by molar-refractivity contribution is -0.133. The monoisotopic (exact) mass is 371 g/mol. The van der Waals surface area contributed by atoms with Crippen LogP contribution >= 0.6 is 11.5 Å². The smallest absolute Gasteiger partial charge is 0.327 e. The van der Waals surface area contributed by atoms with E-state index in [2.05, 4.69) is 14.3 Å². The Bertz CT molecular complexity index is 829. The first-order chi connectivity index (χ1) is 12.5. The molecule has 1 aromatic heterocycles. The molecule has 2 aliphatic heterocycles. The van der Waals surface area contributed by atoms with Gasteiger partial charge in [0, 0.05) is 38.2 Å². The summed E-state index contributed by atoms with van der Waals surface area (Å²) in [5.74, 6) is 0.675. The summed E-state index contributed by atoms with van der Waals surface area (Å²) < 4.78 is 4.24. The van der Waals surface area contributed by atoms with Crippen LogP contribution in [0.25, 0.3) is 0 Å². The van der Waals surface area contributed by atoms with Crippen molar-refractivity contribution in [3.8, 4) is 0 Å². The van der Waals surface area contributed by atoms with E-state index in [1.54, 1.807) is 11.9 Å². The van der Waals surface area contributed by atoms with Gasteiger partial charge in [0.05, 0.1) is 0 Å². The summed E-state index contributed by atoms with van der Waals surface area (Å²) in [6.07, 6.45) is 1.21. The highest BCUT2D eigenvalue weighted by atomic mass is 32.1. The summed E-state index contributed by atoms with van der Waals surface area (Å²) >= 11 is 1.38. The molecule has 0 bridgehead atoms. The van der Waals surface area contributed by atoms with Crippen molar-refractivity contribution in [2.24, 2.45) is 0 Å². The maximum absolute atomic E-state index is 13.0. The van der Waals surface area contributed by atoms with Gasteiger partial charge in [-0.3, -0.25) is 9.69 Å². The van der Waals surface area contributed by atoms with Gasteiger partial charge in [-0.25, -0.2) is 9.78 Å². The van der Waals surface area contributed by atoms with Crippen molar-refractivity contribution in [2.75, 3.05) is 25.0 Å². The van der Waals surface area contributed by atoms with Crippen molar-refractivity contribution in [1.82, 2.24) is 19.2 Å². The number of nitrogens with zero attached hydrogens (tertiary/aromatic N) is 5. The number of benzene rings is 1. The number of amides is 3. The number of likely N-dealkylation sites (N-methyl/N-ethyl adjacent to an activating group) is 1. The maximum Gasteiger partial charge on any atom is 0.327 e. The molecule has 1 aromatic carbocycles. The van der Waals surface area contributed by atoms with Crippen LogP contribution in [-0.4, -0.2) is 56.8 Å². The van der Waals surface area contributed by atoms with Crippen LogP contribution < -0.4 is 4.90 Å². The minimum atomic E-state index is -0.752. The molecule has 26 heavy (non-hydrogen) atoms. The molecule has 2 aliphatic rings. The van der Waals surface area contributed by atoms with Crippen molar-refractivity contribution in [3.63, 3.8) is 0 Å². The Morgan fingerprint density at radius 2 is 1.85 bits per heavy atom. The van der Waals surface area contributed by atoms with Gasteiger partial charge < -0.3 is 9.80 Å². The number of piperidine rings is 1. The third kappa shape index (κ3) is 2.65. The van der Waals surface area contributed by atoms with Crippen molar-refractivity contribution < 1.29 is 9.59 Å². The first kappa shape index (κ1) is 17.0. The van der Waals surface area contributed by atoms with Crippen LogP contribution in [0.5, 0.6) is 0 Å². The Hall–Kier alpha value is -2.48. The number of hydrogen-bond donors (Lipinski definition) is 0. The van der Waals surface area contributed by atoms with Gasteiger partial charge in [-0.05, 0) is 25.3 Å². The molecule has 0 saturated carbocycles. The Labute approximate surface area is 156 Å². The summed E-state index contributed by atoms with van der Waals surface area (Å²) in [7, 11) is 1.58. The molecule has 1 spiro atoms. The van der Waals surface area contributed by atoms with E-state index in [0.717, 1.165) is 16.5 Å². The molecule has 8 heteroatoms. The molecular weight excluding hydrogens is 350 g/mol. The molecule has 7 nitrogen and oxygen atoms in total. The number of imide groups is 1. The number of aromatic nitrogens is 2. The number of aryl methyl sites for hydroxylation is 1. The lowest BCUT2D eigenvalue weighted by Crippen LogP contribution is -2.56. The zero-order valence-electron chi connectivity index (χ0n) is 14.9. The van der Waals surface area contributed by atoms with E-state index in [0.29, 0.717) is 32.5 Å². The minimum absolute atomic E-state index is 0.0912. The van der Waals surface area contributed by atoms with E-state index in [1.807, 2.05) is 37.3 Å². The Morgan fingerprint density at radius 1 is 1.15 bits per heavy atom. The van der Waals surface area contributed by atoms with Crippen LogP contribution in [0.15, 0.2) is 30.3 Å². The first-order valence-corrected chi connectivity index (χ1v) is 9.47. The highest BCUT2D eigenvalue weighted by Crippen LogP contribution is 2.39. The highest BCUT2D eigenvalue weighted by Gasteiger charge is 2.56. The molecule has 4 rings (SSSR count). The summed E-state index contributed by atoms with van der Waals surface area (Å²) in [6.45, 7) is 3.70. The van der Waals surface area contributed by atoms with Crippen molar-refractivity contribution in [2.45, 2.75) is 31.8 Å². The van der Waals surface area contributed by atoms with Gasteiger partial charge in [0.15, 0.2) is 0 Å². The third-order valence-corrected chi connectivity index (χ3v) is 6.17. The number of anilines is 1.